The van der Waals surface area contributed by atoms with Crippen molar-refractivity contribution in [2.24, 2.45) is 5.92 Å². The first-order chi connectivity index (χ1) is 8.06. The molecule has 0 aromatic heterocycles. The first-order valence-electron chi connectivity index (χ1n) is 5.96. The van der Waals surface area contributed by atoms with Crippen LogP contribution in [-0.4, -0.2) is 11.8 Å². The molecule has 3 nitrogen and oxygen atoms in total. The molecule has 1 fully saturated rings. The topological polar surface area (TPSA) is 46.2 Å². The SMILES string of the molecule is Cc1ccc(C)c(CC2CCC(=O)NC2=O)c1. The third-order valence-corrected chi connectivity index (χ3v) is 3.32. The highest BCUT2D eigenvalue weighted by molar-refractivity contribution is 5.98. The molecule has 1 saturated heterocycles. The van der Waals surface area contributed by atoms with Gasteiger partial charge in [0.05, 0.1) is 0 Å². The van der Waals surface area contributed by atoms with Crippen molar-refractivity contribution in [2.75, 3.05) is 0 Å². The molecule has 90 valence electrons. The number of nitrogens with one attached hydrogen (secondary N) is 1. The second-order valence-corrected chi connectivity index (χ2v) is 4.78. The minimum absolute atomic E-state index is 0.0619. The quantitative estimate of drug-likeness (QED) is 0.790. The molecule has 0 saturated carbocycles. The first-order valence-corrected chi connectivity index (χ1v) is 5.96. The fourth-order valence-electron chi connectivity index (χ4n) is 2.22. The summed E-state index contributed by atoms with van der Waals surface area (Å²) < 4.78 is 0. The fraction of sp³-hybridized carbons (Fsp3) is 0.429. The van der Waals surface area contributed by atoms with E-state index >= 15 is 0 Å². The van der Waals surface area contributed by atoms with Gasteiger partial charge in [0.2, 0.25) is 11.8 Å². The second kappa shape index (κ2) is 4.70. The zero-order chi connectivity index (χ0) is 12.4. The summed E-state index contributed by atoms with van der Waals surface area (Å²) >= 11 is 0. The molecule has 1 aromatic rings. The van der Waals surface area contributed by atoms with Gasteiger partial charge in [0, 0.05) is 12.3 Å². The van der Waals surface area contributed by atoms with Gasteiger partial charge in [0.25, 0.3) is 0 Å². The smallest absolute Gasteiger partial charge is 0.230 e. The van der Waals surface area contributed by atoms with Gasteiger partial charge < -0.3 is 0 Å². The van der Waals surface area contributed by atoms with Crippen molar-refractivity contribution in [3.05, 3.63) is 34.9 Å². The molecule has 0 spiro atoms. The summed E-state index contributed by atoms with van der Waals surface area (Å²) in [5, 5.41) is 2.41. The Morgan fingerprint density at radius 1 is 1.29 bits per heavy atom. The summed E-state index contributed by atoms with van der Waals surface area (Å²) in [5.41, 5.74) is 3.62. The maximum absolute atomic E-state index is 11.7. The van der Waals surface area contributed by atoms with Crippen LogP contribution in [0.15, 0.2) is 18.2 Å². The van der Waals surface area contributed by atoms with E-state index in [4.69, 9.17) is 0 Å². The molecular weight excluding hydrogens is 214 g/mol. The van der Waals surface area contributed by atoms with Crippen molar-refractivity contribution >= 4 is 11.8 Å². The molecule has 2 amide bonds. The molecule has 1 aromatic carbocycles. The van der Waals surface area contributed by atoms with Gasteiger partial charge in [-0.15, -0.1) is 0 Å². The molecule has 0 radical (unpaired) electrons. The van der Waals surface area contributed by atoms with Crippen molar-refractivity contribution in [1.82, 2.24) is 5.32 Å². The van der Waals surface area contributed by atoms with Gasteiger partial charge in [0.15, 0.2) is 0 Å². The summed E-state index contributed by atoms with van der Waals surface area (Å²) in [5.74, 6) is -0.331. The highest BCUT2D eigenvalue weighted by atomic mass is 16.2. The molecular formula is C14H17NO2. The van der Waals surface area contributed by atoms with E-state index in [1.54, 1.807) is 0 Å². The lowest BCUT2D eigenvalue weighted by Crippen LogP contribution is -2.41. The first kappa shape index (κ1) is 11.8. The van der Waals surface area contributed by atoms with Crippen molar-refractivity contribution < 1.29 is 9.59 Å². The number of amides is 2. The Bertz CT molecular complexity index is 465. The monoisotopic (exact) mass is 231 g/mol. The molecule has 1 atom stereocenters. The maximum Gasteiger partial charge on any atom is 0.230 e. The normalized spacial score (nSPS) is 20.2. The second-order valence-electron chi connectivity index (χ2n) is 4.78. The molecule has 1 heterocycles. The number of imide groups is 1. The van der Waals surface area contributed by atoms with E-state index in [-0.39, 0.29) is 17.7 Å². The molecule has 0 bridgehead atoms. The molecule has 0 aliphatic carbocycles. The average molecular weight is 231 g/mol. The minimum atomic E-state index is -0.146. The Hall–Kier alpha value is -1.64. The van der Waals surface area contributed by atoms with Crippen molar-refractivity contribution in [3.63, 3.8) is 0 Å². The number of hydrogen-bond acceptors (Lipinski definition) is 2. The van der Waals surface area contributed by atoms with Crippen LogP contribution in [0.2, 0.25) is 0 Å². The standard InChI is InChI=1S/C14H17NO2/c1-9-3-4-10(2)12(7-9)8-11-5-6-13(16)15-14(11)17/h3-4,7,11H,5-6,8H2,1-2H3,(H,15,16,17). The summed E-state index contributed by atoms with van der Waals surface area (Å²) in [4.78, 5) is 22.7. The number of piperidine rings is 1. The van der Waals surface area contributed by atoms with Crippen LogP contribution in [0.1, 0.15) is 29.5 Å². The van der Waals surface area contributed by atoms with Crippen LogP contribution in [-0.2, 0) is 16.0 Å². The van der Waals surface area contributed by atoms with Crippen LogP contribution in [0.3, 0.4) is 0 Å². The summed E-state index contributed by atoms with van der Waals surface area (Å²) in [7, 11) is 0. The van der Waals surface area contributed by atoms with E-state index in [2.05, 4.69) is 30.4 Å². The van der Waals surface area contributed by atoms with Gasteiger partial charge >= 0.3 is 0 Å². The van der Waals surface area contributed by atoms with Crippen LogP contribution in [0.5, 0.6) is 0 Å². The van der Waals surface area contributed by atoms with Gasteiger partial charge in [-0.1, -0.05) is 23.8 Å². The van der Waals surface area contributed by atoms with Gasteiger partial charge in [0.1, 0.15) is 0 Å². The predicted octanol–water partition coefficient (Wildman–Crippen LogP) is 1.90. The number of aryl methyl sites for hydroxylation is 2. The lowest BCUT2D eigenvalue weighted by Gasteiger charge is -2.21. The van der Waals surface area contributed by atoms with E-state index in [1.165, 1.54) is 16.7 Å². The highest BCUT2D eigenvalue weighted by Crippen LogP contribution is 2.21. The lowest BCUT2D eigenvalue weighted by molar-refractivity contribution is -0.136. The lowest BCUT2D eigenvalue weighted by atomic mass is 9.89. The van der Waals surface area contributed by atoms with Crippen molar-refractivity contribution in [3.8, 4) is 0 Å². The Morgan fingerprint density at radius 3 is 2.76 bits per heavy atom. The molecule has 1 N–H and O–H groups in total. The molecule has 17 heavy (non-hydrogen) atoms. The van der Waals surface area contributed by atoms with Crippen LogP contribution < -0.4 is 5.32 Å². The molecule has 2 rings (SSSR count). The third-order valence-electron chi connectivity index (χ3n) is 3.32. The van der Waals surface area contributed by atoms with Gasteiger partial charge in [-0.05, 0) is 37.8 Å². The molecule has 1 aliphatic rings. The van der Waals surface area contributed by atoms with Gasteiger partial charge in [-0.2, -0.15) is 0 Å². The molecule has 3 heteroatoms. The Balaban J connectivity index is 2.13. The largest absolute Gasteiger partial charge is 0.296 e. The zero-order valence-corrected chi connectivity index (χ0v) is 10.2. The predicted molar refractivity (Wildman–Crippen MR) is 65.5 cm³/mol. The van der Waals surface area contributed by atoms with Crippen LogP contribution in [0.4, 0.5) is 0 Å². The van der Waals surface area contributed by atoms with Crippen LogP contribution in [0, 0.1) is 19.8 Å². The average Bonchev–Trinajstić information content (AvgIpc) is 2.27. The van der Waals surface area contributed by atoms with E-state index in [0.717, 1.165) is 6.42 Å². The summed E-state index contributed by atoms with van der Waals surface area (Å²) in [6.45, 7) is 4.11. The van der Waals surface area contributed by atoms with E-state index in [1.807, 2.05) is 6.92 Å². The summed E-state index contributed by atoms with van der Waals surface area (Å²) in [6, 6.07) is 6.28. The highest BCUT2D eigenvalue weighted by Gasteiger charge is 2.26. The van der Waals surface area contributed by atoms with Crippen molar-refractivity contribution in [1.29, 1.82) is 0 Å². The van der Waals surface area contributed by atoms with Crippen LogP contribution in [0.25, 0.3) is 0 Å². The number of hydrogen-bond donors (Lipinski definition) is 1. The van der Waals surface area contributed by atoms with Crippen LogP contribution >= 0.6 is 0 Å². The van der Waals surface area contributed by atoms with E-state index in [0.29, 0.717) is 12.8 Å². The number of carbonyl (C=O) groups excluding carboxylic acids is 2. The zero-order valence-electron chi connectivity index (χ0n) is 10.2. The minimum Gasteiger partial charge on any atom is -0.296 e. The Labute approximate surface area is 101 Å². The van der Waals surface area contributed by atoms with Gasteiger partial charge in [-0.3, -0.25) is 14.9 Å². The number of carbonyl (C=O) groups is 2. The Kier molecular flexibility index (Phi) is 3.27. The molecule has 1 unspecified atom stereocenters. The van der Waals surface area contributed by atoms with Crippen molar-refractivity contribution in [2.45, 2.75) is 33.1 Å². The fourth-order valence-corrected chi connectivity index (χ4v) is 2.22. The maximum atomic E-state index is 11.7. The van der Waals surface area contributed by atoms with E-state index < -0.39 is 0 Å². The molecule has 1 aliphatic heterocycles. The van der Waals surface area contributed by atoms with Gasteiger partial charge in [-0.25, -0.2) is 0 Å². The van der Waals surface area contributed by atoms with E-state index in [9.17, 15) is 9.59 Å². The number of benzene rings is 1. The third kappa shape index (κ3) is 2.73. The summed E-state index contributed by atoms with van der Waals surface area (Å²) in [6.07, 6.45) is 1.85. The Morgan fingerprint density at radius 2 is 2.06 bits per heavy atom. The number of rotatable bonds is 2.